The normalized spacial score (nSPS) is 36.6. The highest BCUT2D eigenvalue weighted by Gasteiger charge is 2.33. The Kier molecular flexibility index (Phi) is 3.73. The summed E-state index contributed by atoms with van der Waals surface area (Å²) in [7, 11) is -2.92. The van der Waals surface area contributed by atoms with Gasteiger partial charge in [-0.05, 0) is 32.7 Å². The van der Waals surface area contributed by atoms with Crippen LogP contribution in [0.4, 0.5) is 0 Å². The fourth-order valence-electron chi connectivity index (χ4n) is 2.62. The van der Waals surface area contributed by atoms with Gasteiger partial charge in [0.25, 0.3) is 0 Å². The lowest BCUT2D eigenvalue weighted by atomic mass is 9.91. The van der Waals surface area contributed by atoms with E-state index in [2.05, 4.69) is 10.6 Å². The van der Waals surface area contributed by atoms with Crippen molar-refractivity contribution < 1.29 is 13.2 Å². The van der Waals surface area contributed by atoms with Gasteiger partial charge in [0.15, 0.2) is 9.84 Å². The second kappa shape index (κ2) is 4.94. The lowest BCUT2D eigenvalue weighted by Crippen LogP contribution is -2.49. The number of nitrogens with one attached hydrogen (secondary N) is 2. The van der Waals surface area contributed by atoms with E-state index in [-0.39, 0.29) is 35.4 Å². The van der Waals surface area contributed by atoms with Gasteiger partial charge in [0.1, 0.15) is 0 Å². The molecule has 0 aliphatic carbocycles. The molecular formula is C11H20N2O3S. The molecule has 2 saturated heterocycles. The summed E-state index contributed by atoms with van der Waals surface area (Å²) < 4.78 is 22.6. The molecule has 3 unspecified atom stereocenters. The molecule has 2 heterocycles. The molecule has 2 N–H and O–H groups in total. The summed E-state index contributed by atoms with van der Waals surface area (Å²) in [5.74, 6) is 0.294. The summed E-state index contributed by atoms with van der Waals surface area (Å²) >= 11 is 0. The van der Waals surface area contributed by atoms with Crippen molar-refractivity contribution in [1.82, 2.24) is 10.6 Å². The topological polar surface area (TPSA) is 75.3 Å². The first-order valence-corrected chi connectivity index (χ1v) is 8.04. The third-order valence-corrected chi connectivity index (χ3v) is 5.45. The Bertz CT molecular complexity index is 394. The van der Waals surface area contributed by atoms with Crippen LogP contribution in [-0.2, 0) is 14.6 Å². The van der Waals surface area contributed by atoms with Crippen molar-refractivity contribution >= 4 is 15.7 Å². The lowest BCUT2D eigenvalue weighted by Gasteiger charge is -2.29. The maximum Gasteiger partial charge on any atom is 0.224 e. The van der Waals surface area contributed by atoms with E-state index in [9.17, 15) is 13.2 Å². The van der Waals surface area contributed by atoms with Gasteiger partial charge in [0.05, 0.1) is 17.4 Å². The molecule has 0 bridgehead atoms. The third-order valence-electron chi connectivity index (χ3n) is 3.68. The number of carbonyl (C=O) groups is 1. The molecular weight excluding hydrogens is 240 g/mol. The Labute approximate surface area is 102 Å². The standard InChI is InChI=1S/C11H20N2O3S/c1-8-10(3-2-5-12-8)11(14)13-9-4-6-17(15,16)7-9/h8-10,12H,2-7H2,1H3,(H,13,14). The van der Waals surface area contributed by atoms with Gasteiger partial charge in [-0.2, -0.15) is 0 Å². The van der Waals surface area contributed by atoms with E-state index < -0.39 is 9.84 Å². The third kappa shape index (κ3) is 3.19. The molecule has 2 aliphatic heterocycles. The van der Waals surface area contributed by atoms with Crippen LogP contribution < -0.4 is 10.6 Å². The molecule has 0 aromatic carbocycles. The predicted molar refractivity (Wildman–Crippen MR) is 65.4 cm³/mol. The first-order chi connectivity index (χ1) is 7.98. The number of hydrogen-bond acceptors (Lipinski definition) is 4. The van der Waals surface area contributed by atoms with Crippen LogP contribution in [-0.4, -0.2) is 44.5 Å². The summed E-state index contributed by atoms with van der Waals surface area (Å²) in [6.07, 6.45) is 2.45. The molecule has 6 heteroatoms. The molecule has 2 fully saturated rings. The molecule has 17 heavy (non-hydrogen) atoms. The zero-order valence-electron chi connectivity index (χ0n) is 10.1. The summed E-state index contributed by atoms with van der Waals surface area (Å²) in [6.45, 7) is 2.97. The van der Waals surface area contributed by atoms with Gasteiger partial charge in [-0.1, -0.05) is 0 Å². The number of carbonyl (C=O) groups excluding carboxylic acids is 1. The van der Waals surface area contributed by atoms with Crippen LogP contribution in [0.15, 0.2) is 0 Å². The minimum Gasteiger partial charge on any atom is -0.352 e. The van der Waals surface area contributed by atoms with E-state index in [1.54, 1.807) is 0 Å². The Morgan fingerprint density at radius 1 is 1.35 bits per heavy atom. The zero-order chi connectivity index (χ0) is 12.5. The van der Waals surface area contributed by atoms with Crippen LogP contribution in [0.25, 0.3) is 0 Å². The quantitative estimate of drug-likeness (QED) is 0.713. The van der Waals surface area contributed by atoms with Crippen LogP contribution >= 0.6 is 0 Å². The zero-order valence-corrected chi connectivity index (χ0v) is 10.9. The molecule has 0 aromatic rings. The summed E-state index contributed by atoms with van der Waals surface area (Å²) in [5.41, 5.74) is 0. The second-order valence-corrected chi connectivity index (χ2v) is 7.33. The molecule has 0 aromatic heterocycles. The Morgan fingerprint density at radius 3 is 2.71 bits per heavy atom. The fourth-order valence-corrected chi connectivity index (χ4v) is 4.29. The average Bonchev–Trinajstić information content (AvgIpc) is 2.58. The fraction of sp³-hybridized carbons (Fsp3) is 0.909. The van der Waals surface area contributed by atoms with Crippen molar-refractivity contribution in [3.63, 3.8) is 0 Å². The summed E-state index contributed by atoms with van der Waals surface area (Å²) in [5, 5.41) is 6.15. The van der Waals surface area contributed by atoms with E-state index in [0.29, 0.717) is 6.42 Å². The molecule has 0 saturated carbocycles. The van der Waals surface area contributed by atoms with Crippen molar-refractivity contribution in [3.05, 3.63) is 0 Å². The van der Waals surface area contributed by atoms with Crippen molar-refractivity contribution in [2.45, 2.75) is 38.3 Å². The Balaban J connectivity index is 1.89. The maximum atomic E-state index is 12.0. The monoisotopic (exact) mass is 260 g/mol. The number of sulfone groups is 1. The van der Waals surface area contributed by atoms with Crippen LogP contribution in [0, 0.1) is 5.92 Å². The van der Waals surface area contributed by atoms with Gasteiger partial charge in [-0.25, -0.2) is 8.42 Å². The molecule has 98 valence electrons. The van der Waals surface area contributed by atoms with Crippen LogP contribution in [0.2, 0.25) is 0 Å². The molecule has 1 amide bonds. The van der Waals surface area contributed by atoms with E-state index >= 15 is 0 Å². The first kappa shape index (κ1) is 12.8. The average molecular weight is 260 g/mol. The number of hydrogen-bond donors (Lipinski definition) is 2. The van der Waals surface area contributed by atoms with Gasteiger partial charge in [0.2, 0.25) is 5.91 Å². The van der Waals surface area contributed by atoms with Crippen molar-refractivity contribution in [2.75, 3.05) is 18.1 Å². The highest BCUT2D eigenvalue weighted by atomic mass is 32.2. The Morgan fingerprint density at radius 2 is 2.12 bits per heavy atom. The number of piperidine rings is 1. The molecule has 5 nitrogen and oxygen atoms in total. The van der Waals surface area contributed by atoms with Gasteiger partial charge < -0.3 is 10.6 Å². The van der Waals surface area contributed by atoms with Gasteiger partial charge >= 0.3 is 0 Å². The molecule has 0 radical (unpaired) electrons. The summed E-state index contributed by atoms with van der Waals surface area (Å²) in [6, 6.07) is 0.00314. The molecule has 0 spiro atoms. The van der Waals surface area contributed by atoms with Gasteiger partial charge in [-0.15, -0.1) is 0 Å². The number of amides is 1. The maximum absolute atomic E-state index is 12.0. The second-order valence-electron chi connectivity index (χ2n) is 5.10. The van der Waals surface area contributed by atoms with Gasteiger partial charge in [-0.3, -0.25) is 4.79 Å². The first-order valence-electron chi connectivity index (χ1n) is 6.22. The lowest BCUT2D eigenvalue weighted by molar-refractivity contribution is -0.127. The largest absolute Gasteiger partial charge is 0.352 e. The number of rotatable bonds is 2. The van der Waals surface area contributed by atoms with E-state index in [0.717, 1.165) is 19.4 Å². The van der Waals surface area contributed by atoms with Crippen molar-refractivity contribution in [2.24, 2.45) is 5.92 Å². The Hall–Kier alpha value is -0.620. The highest BCUT2D eigenvalue weighted by Crippen LogP contribution is 2.18. The van der Waals surface area contributed by atoms with E-state index in [1.165, 1.54) is 0 Å². The van der Waals surface area contributed by atoms with Crippen LogP contribution in [0.1, 0.15) is 26.2 Å². The van der Waals surface area contributed by atoms with E-state index in [4.69, 9.17) is 0 Å². The van der Waals surface area contributed by atoms with Crippen molar-refractivity contribution in [1.29, 1.82) is 0 Å². The minimum absolute atomic E-state index is 0.00630. The molecule has 2 rings (SSSR count). The van der Waals surface area contributed by atoms with Gasteiger partial charge in [0, 0.05) is 12.1 Å². The molecule has 2 aliphatic rings. The van der Waals surface area contributed by atoms with Crippen LogP contribution in [0.3, 0.4) is 0 Å². The minimum atomic E-state index is -2.92. The van der Waals surface area contributed by atoms with Crippen molar-refractivity contribution in [3.8, 4) is 0 Å². The highest BCUT2D eigenvalue weighted by molar-refractivity contribution is 7.91. The van der Waals surface area contributed by atoms with Crippen LogP contribution in [0.5, 0.6) is 0 Å². The van der Waals surface area contributed by atoms with E-state index in [1.807, 2.05) is 6.92 Å². The predicted octanol–water partition coefficient (Wildman–Crippen LogP) is -0.322. The molecule has 3 atom stereocenters. The smallest absolute Gasteiger partial charge is 0.224 e. The summed E-state index contributed by atoms with van der Waals surface area (Å²) in [4.78, 5) is 12.0. The SMILES string of the molecule is CC1NCCCC1C(=O)NC1CCS(=O)(=O)C1.